The van der Waals surface area contributed by atoms with E-state index in [1.807, 2.05) is 0 Å². The van der Waals surface area contributed by atoms with Crippen molar-refractivity contribution in [3.05, 3.63) is 9.48 Å². The van der Waals surface area contributed by atoms with Gasteiger partial charge < -0.3 is 5.73 Å². The highest BCUT2D eigenvalue weighted by Gasteiger charge is 2.09. The maximum absolute atomic E-state index is 10.8. The van der Waals surface area contributed by atoms with Crippen molar-refractivity contribution >= 4 is 55.2 Å². The number of nitrogen functional groups attached to an aromatic ring is 1. The van der Waals surface area contributed by atoms with E-state index in [4.69, 9.17) is 5.73 Å². The molecule has 62 valence electrons. The fourth-order valence-corrected chi connectivity index (χ4v) is 1.98. The van der Waals surface area contributed by atoms with Crippen LogP contribution in [0.4, 0.5) is 5.13 Å². The molecule has 0 aliphatic heterocycles. The molecule has 2 N–H and O–H groups in total. The fourth-order valence-electron chi connectivity index (χ4n) is 0.534. The van der Waals surface area contributed by atoms with Crippen molar-refractivity contribution in [3.63, 3.8) is 0 Å². The number of carbonyl (C=O) groups is 1. The highest BCUT2D eigenvalue weighted by Crippen LogP contribution is 2.24. The van der Waals surface area contributed by atoms with E-state index >= 15 is 0 Å². The highest BCUT2D eigenvalue weighted by molar-refractivity contribution is 9.10. The lowest BCUT2D eigenvalue weighted by molar-refractivity contribution is 0.102. The number of hydrogen-bond acceptors (Lipinski definition) is 4. The molecule has 6 heteroatoms. The monoisotopic (exact) mass is 300 g/mol. The third-order valence-corrected chi connectivity index (χ3v) is 2.74. The van der Waals surface area contributed by atoms with Crippen LogP contribution in [0.15, 0.2) is 4.60 Å². The maximum atomic E-state index is 10.8. The van der Waals surface area contributed by atoms with Crippen molar-refractivity contribution < 1.29 is 4.79 Å². The number of nitrogens with zero attached hydrogens (tertiary/aromatic N) is 1. The molecule has 0 spiro atoms. The molecule has 0 radical (unpaired) electrons. The number of thiazole rings is 1. The molecule has 0 saturated heterocycles. The van der Waals surface area contributed by atoms with Crippen LogP contribution in [0.25, 0.3) is 0 Å². The van der Waals surface area contributed by atoms with E-state index in [9.17, 15) is 4.79 Å². The number of aromatic nitrogens is 1. The first-order chi connectivity index (χ1) is 4.61. The summed E-state index contributed by atoms with van der Waals surface area (Å²) >= 11 is 4.31. The first kappa shape index (κ1) is 11.1. The molecule has 1 aromatic heterocycles. The van der Waals surface area contributed by atoms with Crippen LogP contribution in [-0.4, -0.2) is 10.8 Å². The van der Waals surface area contributed by atoms with E-state index in [2.05, 4.69) is 20.9 Å². The average molecular weight is 302 g/mol. The third-order valence-electron chi connectivity index (χ3n) is 0.922. The van der Waals surface area contributed by atoms with Crippen LogP contribution in [0.3, 0.4) is 0 Å². The maximum Gasteiger partial charge on any atom is 0.181 e. The van der Waals surface area contributed by atoms with Gasteiger partial charge in [-0.2, -0.15) is 0 Å². The van der Waals surface area contributed by atoms with Gasteiger partial charge in [-0.05, 0) is 15.9 Å². The second-order valence-corrected chi connectivity index (χ2v) is 3.51. The minimum atomic E-state index is -0.0129. The second kappa shape index (κ2) is 4.18. The summed E-state index contributed by atoms with van der Waals surface area (Å²) in [5.41, 5.74) is 5.34. The summed E-state index contributed by atoms with van der Waals surface area (Å²) in [5.74, 6) is -0.0129. The Morgan fingerprint density at radius 3 is 2.45 bits per heavy atom. The Hall–Kier alpha value is 0.0600. The lowest BCUT2D eigenvalue weighted by atomic mass is 10.4. The minimum Gasteiger partial charge on any atom is -0.375 e. The summed E-state index contributed by atoms with van der Waals surface area (Å²) in [6.45, 7) is 1.48. The number of ketones is 1. The van der Waals surface area contributed by atoms with E-state index in [-0.39, 0.29) is 22.8 Å². The molecule has 0 fully saturated rings. The average Bonchev–Trinajstić information content (AvgIpc) is 2.10. The van der Waals surface area contributed by atoms with Gasteiger partial charge in [0.05, 0.1) is 0 Å². The Labute approximate surface area is 86.9 Å². The molecule has 1 rings (SSSR count). The largest absolute Gasteiger partial charge is 0.375 e. The van der Waals surface area contributed by atoms with Crippen LogP contribution in [0.2, 0.25) is 0 Å². The second-order valence-electron chi connectivity index (χ2n) is 1.73. The number of anilines is 1. The lowest BCUT2D eigenvalue weighted by Gasteiger charge is -1.83. The van der Waals surface area contributed by atoms with E-state index in [1.165, 1.54) is 18.3 Å². The van der Waals surface area contributed by atoms with E-state index in [0.29, 0.717) is 14.6 Å². The molecule has 0 atom stereocenters. The summed E-state index contributed by atoms with van der Waals surface area (Å²) in [6.07, 6.45) is 0. The zero-order valence-corrected chi connectivity index (χ0v) is 9.74. The SMILES string of the molecule is Br.CC(=O)c1sc(N)nc1Br. The molecule has 1 heterocycles. The number of hydrogen-bond donors (Lipinski definition) is 1. The summed E-state index contributed by atoms with van der Waals surface area (Å²) < 4.78 is 0.544. The van der Waals surface area contributed by atoms with Gasteiger partial charge in [0.2, 0.25) is 0 Å². The summed E-state index contributed by atoms with van der Waals surface area (Å²) in [4.78, 5) is 15.2. The van der Waals surface area contributed by atoms with Gasteiger partial charge in [0.25, 0.3) is 0 Å². The zero-order chi connectivity index (χ0) is 7.72. The number of halogens is 2. The normalized spacial score (nSPS) is 8.91. The molecular weight excluding hydrogens is 296 g/mol. The predicted octanol–water partition coefficient (Wildman–Crippen LogP) is 2.27. The Kier molecular flexibility index (Phi) is 4.20. The number of carbonyl (C=O) groups excluding carboxylic acids is 1. The van der Waals surface area contributed by atoms with Gasteiger partial charge in [0, 0.05) is 6.92 Å². The summed E-state index contributed by atoms with van der Waals surface area (Å²) in [6, 6.07) is 0. The number of Topliss-reactive ketones (excluding diaryl/α,β-unsaturated/α-hetero) is 1. The van der Waals surface area contributed by atoms with Gasteiger partial charge in [-0.3, -0.25) is 4.79 Å². The molecule has 0 aliphatic rings. The highest BCUT2D eigenvalue weighted by atomic mass is 79.9. The van der Waals surface area contributed by atoms with Crippen LogP contribution >= 0.6 is 44.2 Å². The Morgan fingerprint density at radius 2 is 2.27 bits per heavy atom. The molecule has 11 heavy (non-hydrogen) atoms. The van der Waals surface area contributed by atoms with Crippen LogP contribution in [0.1, 0.15) is 16.6 Å². The van der Waals surface area contributed by atoms with Crippen molar-refractivity contribution in [1.82, 2.24) is 4.98 Å². The topological polar surface area (TPSA) is 56.0 Å². The molecule has 0 aromatic carbocycles. The van der Waals surface area contributed by atoms with Gasteiger partial charge in [0.15, 0.2) is 10.9 Å². The van der Waals surface area contributed by atoms with Gasteiger partial charge >= 0.3 is 0 Å². The first-order valence-corrected chi connectivity index (χ1v) is 4.15. The van der Waals surface area contributed by atoms with Crippen molar-refractivity contribution in [2.24, 2.45) is 0 Å². The minimum absolute atomic E-state index is 0. The molecule has 0 amide bonds. The molecule has 3 nitrogen and oxygen atoms in total. The van der Waals surface area contributed by atoms with Crippen LogP contribution < -0.4 is 5.73 Å². The van der Waals surface area contributed by atoms with Crippen molar-refractivity contribution in [3.8, 4) is 0 Å². The van der Waals surface area contributed by atoms with E-state index in [0.717, 1.165) is 0 Å². The summed E-state index contributed by atoms with van der Waals surface area (Å²) in [7, 11) is 0. The van der Waals surface area contributed by atoms with E-state index < -0.39 is 0 Å². The zero-order valence-electron chi connectivity index (χ0n) is 5.63. The van der Waals surface area contributed by atoms with Gasteiger partial charge in [0.1, 0.15) is 9.48 Å². The molecular formula is C5H6Br2N2OS. The van der Waals surface area contributed by atoms with Gasteiger partial charge in [-0.15, -0.1) is 17.0 Å². The van der Waals surface area contributed by atoms with Crippen LogP contribution in [-0.2, 0) is 0 Å². The van der Waals surface area contributed by atoms with Crippen molar-refractivity contribution in [2.45, 2.75) is 6.92 Å². The van der Waals surface area contributed by atoms with Crippen molar-refractivity contribution in [1.29, 1.82) is 0 Å². The van der Waals surface area contributed by atoms with Crippen molar-refractivity contribution in [2.75, 3.05) is 5.73 Å². The molecule has 0 aliphatic carbocycles. The standard InChI is InChI=1S/C5H5BrN2OS.BrH/c1-2(9)3-4(6)8-5(7)10-3;/h1H3,(H2,7,8);1H. The molecule has 1 aromatic rings. The molecule has 0 unspecified atom stereocenters. The smallest absolute Gasteiger partial charge is 0.181 e. The summed E-state index contributed by atoms with van der Waals surface area (Å²) in [5, 5.41) is 0.414. The quantitative estimate of drug-likeness (QED) is 0.810. The van der Waals surface area contributed by atoms with Gasteiger partial charge in [-0.25, -0.2) is 4.98 Å². The molecule has 0 bridgehead atoms. The van der Waals surface area contributed by atoms with Gasteiger partial charge in [-0.1, -0.05) is 11.3 Å². The first-order valence-electron chi connectivity index (χ1n) is 2.54. The predicted molar refractivity (Wildman–Crippen MR) is 54.6 cm³/mol. The van der Waals surface area contributed by atoms with E-state index in [1.54, 1.807) is 0 Å². The van der Waals surface area contributed by atoms with Crippen LogP contribution in [0, 0.1) is 0 Å². The van der Waals surface area contributed by atoms with Crippen LogP contribution in [0.5, 0.6) is 0 Å². The number of rotatable bonds is 1. The Bertz CT molecular complexity index is 273. The Morgan fingerprint density at radius 1 is 1.73 bits per heavy atom. The third kappa shape index (κ3) is 2.53. The number of nitrogens with two attached hydrogens (primary N) is 1. The Balaban J connectivity index is 0.000001000. The lowest BCUT2D eigenvalue weighted by Crippen LogP contribution is -1.86. The molecule has 0 saturated carbocycles. The fraction of sp³-hybridized carbons (Fsp3) is 0.200.